The first-order valence-corrected chi connectivity index (χ1v) is 6.21. The minimum absolute atomic E-state index is 0.274. The molecule has 1 aromatic carbocycles. The zero-order valence-electron chi connectivity index (χ0n) is 10.7. The second-order valence-corrected chi connectivity index (χ2v) is 4.22. The quantitative estimate of drug-likeness (QED) is 0.763. The van der Waals surface area contributed by atoms with Crippen LogP contribution in [0.4, 0.5) is 10.5 Å². The van der Waals surface area contributed by atoms with Crippen molar-refractivity contribution in [2.24, 2.45) is 0 Å². The van der Waals surface area contributed by atoms with Crippen molar-refractivity contribution >= 4 is 17.4 Å². The molecule has 0 saturated heterocycles. The number of urea groups is 1. The van der Waals surface area contributed by atoms with Gasteiger partial charge < -0.3 is 10.6 Å². The molecule has 0 aliphatic heterocycles. The number of para-hydroxylation sites is 1. The van der Waals surface area contributed by atoms with Gasteiger partial charge in [-0.1, -0.05) is 24.3 Å². The average molecular weight is 267 g/mol. The first-order chi connectivity index (χ1) is 9.83. The third-order valence-corrected chi connectivity index (χ3v) is 2.82. The van der Waals surface area contributed by atoms with Crippen molar-refractivity contribution in [3.63, 3.8) is 0 Å². The van der Waals surface area contributed by atoms with E-state index < -0.39 is 0 Å². The summed E-state index contributed by atoms with van der Waals surface area (Å²) in [6.45, 7) is 0.309. The summed E-state index contributed by atoms with van der Waals surface area (Å²) in [5.74, 6) is 0.684. The first kappa shape index (κ1) is 12.2. The number of pyridine rings is 1. The molecule has 0 atom stereocenters. The number of fused-ring (bicyclic) bond motifs is 1. The number of hydrogen-bond donors (Lipinski definition) is 2. The Morgan fingerprint density at radius 1 is 1.05 bits per heavy atom. The number of carbonyl (C=O) groups excluding carboxylic acids is 1. The topological polar surface area (TPSA) is 71.3 Å². The highest BCUT2D eigenvalue weighted by Gasteiger charge is 2.06. The van der Waals surface area contributed by atoms with E-state index in [4.69, 9.17) is 0 Å². The molecule has 3 rings (SSSR count). The van der Waals surface area contributed by atoms with Gasteiger partial charge in [-0.15, -0.1) is 10.2 Å². The number of benzene rings is 1. The highest BCUT2D eigenvalue weighted by Crippen LogP contribution is 2.05. The van der Waals surface area contributed by atoms with E-state index in [2.05, 4.69) is 20.8 Å². The van der Waals surface area contributed by atoms with Gasteiger partial charge >= 0.3 is 6.03 Å². The maximum Gasteiger partial charge on any atom is 0.319 e. The van der Waals surface area contributed by atoms with Crippen molar-refractivity contribution in [3.05, 3.63) is 60.6 Å². The molecule has 0 spiro atoms. The fourth-order valence-corrected chi connectivity index (χ4v) is 1.87. The van der Waals surface area contributed by atoms with E-state index in [1.165, 1.54) is 0 Å². The number of rotatable bonds is 3. The van der Waals surface area contributed by atoms with E-state index in [1.807, 2.05) is 59.1 Å². The van der Waals surface area contributed by atoms with Crippen LogP contribution in [-0.2, 0) is 6.54 Å². The fraction of sp³-hybridized carbons (Fsp3) is 0.0714. The average Bonchev–Trinajstić information content (AvgIpc) is 2.89. The van der Waals surface area contributed by atoms with Crippen LogP contribution in [0.1, 0.15) is 5.82 Å². The Morgan fingerprint density at radius 3 is 2.70 bits per heavy atom. The SMILES string of the molecule is O=C(NCc1nnc2ccccn12)Nc1ccccc1. The van der Waals surface area contributed by atoms with Gasteiger partial charge in [0.15, 0.2) is 11.5 Å². The summed E-state index contributed by atoms with van der Waals surface area (Å²) >= 11 is 0. The third kappa shape index (κ3) is 2.59. The van der Waals surface area contributed by atoms with Crippen LogP contribution in [-0.4, -0.2) is 20.6 Å². The molecule has 20 heavy (non-hydrogen) atoms. The molecule has 6 nitrogen and oxygen atoms in total. The lowest BCUT2D eigenvalue weighted by Gasteiger charge is -2.06. The molecule has 2 N–H and O–H groups in total. The molecule has 0 aliphatic carbocycles. The van der Waals surface area contributed by atoms with E-state index in [0.717, 1.165) is 11.3 Å². The molecular formula is C14H13N5O. The monoisotopic (exact) mass is 267 g/mol. The lowest BCUT2D eigenvalue weighted by Crippen LogP contribution is -2.28. The van der Waals surface area contributed by atoms with Crippen LogP contribution in [0.25, 0.3) is 5.65 Å². The van der Waals surface area contributed by atoms with Crippen LogP contribution in [0, 0.1) is 0 Å². The summed E-state index contributed by atoms with van der Waals surface area (Å²) in [4.78, 5) is 11.8. The molecule has 2 amide bonds. The van der Waals surface area contributed by atoms with Gasteiger partial charge in [0.05, 0.1) is 6.54 Å². The molecule has 6 heteroatoms. The van der Waals surface area contributed by atoms with Crippen molar-refractivity contribution in [1.82, 2.24) is 19.9 Å². The number of amides is 2. The molecule has 0 saturated carbocycles. The van der Waals surface area contributed by atoms with E-state index in [1.54, 1.807) is 0 Å². The van der Waals surface area contributed by atoms with Gasteiger partial charge in [-0.3, -0.25) is 4.40 Å². The number of carbonyl (C=O) groups is 1. The predicted octanol–water partition coefficient (Wildman–Crippen LogP) is 2.05. The second-order valence-electron chi connectivity index (χ2n) is 4.22. The molecule has 2 aromatic heterocycles. The van der Waals surface area contributed by atoms with Crippen LogP contribution < -0.4 is 10.6 Å². The summed E-state index contributed by atoms with van der Waals surface area (Å²) in [7, 11) is 0. The molecular weight excluding hydrogens is 254 g/mol. The van der Waals surface area contributed by atoms with Crippen molar-refractivity contribution in [2.45, 2.75) is 6.54 Å². The van der Waals surface area contributed by atoms with Gasteiger partial charge in [-0.2, -0.15) is 0 Å². The molecule has 0 aliphatic rings. The minimum Gasteiger partial charge on any atom is -0.331 e. The molecule has 0 fully saturated rings. The van der Waals surface area contributed by atoms with Crippen LogP contribution in [0.3, 0.4) is 0 Å². The van der Waals surface area contributed by atoms with Crippen molar-refractivity contribution < 1.29 is 4.79 Å². The number of aromatic nitrogens is 3. The van der Waals surface area contributed by atoms with Gasteiger partial charge in [-0.05, 0) is 24.3 Å². The summed E-state index contributed by atoms with van der Waals surface area (Å²) in [6, 6.07) is 14.6. The maximum absolute atomic E-state index is 11.8. The Labute approximate surface area is 115 Å². The van der Waals surface area contributed by atoms with Crippen LogP contribution in [0.2, 0.25) is 0 Å². The minimum atomic E-state index is -0.274. The first-order valence-electron chi connectivity index (χ1n) is 6.21. The zero-order valence-corrected chi connectivity index (χ0v) is 10.7. The Bertz CT molecular complexity index is 723. The van der Waals surface area contributed by atoms with Crippen LogP contribution >= 0.6 is 0 Å². The van der Waals surface area contributed by atoms with E-state index in [-0.39, 0.29) is 6.03 Å². The van der Waals surface area contributed by atoms with Crippen molar-refractivity contribution in [3.8, 4) is 0 Å². The maximum atomic E-state index is 11.8. The lowest BCUT2D eigenvalue weighted by molar-refractivity contribution is 0.251. The van der Waals surface area contributed by atoms with E-state index in [9.17, 15) is 4.79 Å². The smallest absolute Gasteiger partial charge is 0.319 e. The van der Waals surface area contributed by atoms with E-state index >= 15 is 0 Å². The Balaban J connectivity index is 1.63. The molecule has 0 unspecified atom stereocenters. The molecule has 3 aromatic rings. The number of nitrogens with zero attached hydrogens (tertiary/aromatic N) is 3. The third-order valence-electron chi connectivity index (χ3n) is 2.82. The fourth-order valence-electron chi connectivity index (χ4n) is 1.87. The largest absolute Gasteiger partial charge is 0.331 e. The van der Waals surface area contributed by atoms with Crippen LogP contribution in [0.15, 0.2) is 54.7 Å². The highest BCUT2D eigenvalue weighted by molar-refractivity contribution is 5.89. The van der Waals surface area contributed by atoms with Crippen LogP contribution in [0.5, 0.6) is 0 Å². The number of hydrogen-bond acceptors (Lipinski definition) is 3. The normalized spacial score (nSPS) is 10.4. The highest BCUT2D eigenvalue weighted by atomic mass is 16.2. The molecule has 100 valence electrons. The summed E-state index contributed by atoms with van der Waals surface area (Å²) < 4.78 is 1.84. The van der Waals surface area contributed by atoms with Gasteiger partial charge in [-0.25, -0.2) is 4.79 Å². The number of nitrogens with one attached hydrogen (secondary N) is 2. The van der Waals surface area contributed by atoms with E-state index in [0.29, 0.717) is 12.4 Å². The Morgan fingerprint density at radius 2 is 1.85 bits per heavy atom. The Kier molecular flexibility index (Phi) is 3.28. The van der Waals surface area contributed by atoms with Gasteiger partial charge in [0.2, 0.25) is 0 Å². The molecule has 2 heterocycles. The van der Waals surface area contributed by atoms with Crippen molar-refractivity contribution in [2.75, 3.05) is 5.32 Å². The van der Waals surface area contributed by atoms with Crippen molar-refractivity contribution in [1.29, 1.82) is 0 Å². The second kappa shape index (κ2) is 5.40. The predicted molar refractivity (Wildman–Crippen MR) is 75.3 cm³/mol. The molecule has 0 radical (unpaired) electrons. The standard InChI is InChI=1S/C14H13N5O/c20-14(16-11-6-2-1-3-7-11)15-10-13-18-17-12-8-4-5-9-19(12)13/h1-9H,10H2,(H2,15,16,20). The lowest BCUT2D eigenvalue weighted by atomic mass is 10.3. The molecule has 0 bridgehead atoms. The summed E-state index contributed by atoms with van der Waals surface area (Å²) in [6.07, 6.45) is 1.86. The van der Waals surface area contributed by atoms with Gasteiger partial charge in [0, 0.05) is 11.9 Å². The van der Waals surface area contributed by atoms with Gasteiger partial charge in [0.1, 0.15) is 0 Å². The van der Waals surface area contributed by atoms with Gasteiger partial charge in [0.25, 0.3) is 0 Å². The Hall–Kier alpha value is -2.89. The summed E-state index contributed by atoms with van der Waals surface area (Å²) in [5.41, 5.74) is 1.50. The number of anilines is 1. The summed E-state index contributed by atoms with van der Waals surface area (Å²) in [5, 5.41) is 13.6. The zero-order chi connectivity index (χ0) is 13.8.